The first-order valence-electron chi connectivity index (χ1n) is 7.95. The van der Waals surface area contributed by atoms with Crippen LogP contribution in [0.25, 0.3) is 0 Å². The van der Waals surface area contributed by atoms with Crippen LogP contribution in [0.15, 0.2) is 24.3 Å². The van der Waals surface area contributed by atoms with E-state index >= 15 is 0 Å². The Bertz CT molecular complexity index is 456. The summed E-state index contributed by atoms with van der Waals surface area (Å²) < 4.78 is 5.79. The SMILES string of the molecule is CCNC(C)c1ccccc1OCC(=O)N1CCCCC1. The number of likely N-dealkylation sites (tertiary alicyclic amines) is 1. The van der Waals surface area contributed by atoms with Gasteiger partial charge in [0.05, 0.1) is 0 Å². The maximum Gasteiger partial charge on any atom is 0.260 e. The highest BCUT2D eigenvalue weighted by atomic mass is 16.5. The number of amides is 1. The summed E-state index contributed by atoms with van der Waals surface area (Å²) in [6, 6.07) is 8.16. The molecule has 21 heavy (non-hydrogen) atoms. The molecular formula is C17H26N2O2. The van der Waals surface area contributed by atoms with Crippen LogP contribution in [0.5, 0.6) is 5.75 Å². The van der Waals surface area contributed by atoms with Gasteiger partial charge in [0.1, 0.15) is 5.75 Å². The molecule has 0 aliphatic carbocycles. The van der Waals surface area contributed by atoms with E-state index in [1.807, 2.05) is 29.2 Å². The molecule has 1 N–H and O–H groups in total. The third kappa shape index (κ3) is 4.46. The molecule has 1 heterocycles. The second-order valence-corrected chi connectivity index (χ2v) is 5.55. The highest BCUT2D eigenvalue weighted by Crippen LogP contribution is 2.24. The van der Waals surface area contributed by atoms with Crippen LogP contribution in [0, 0.1) is 0 Å². The van der Waals surface area contributed by atoms with Crippen molar-refractivity contribution in [2.24, 2.45) is 0 Å². The molecule has 0 aromatic heterocycles. The smallest absolute Gasteiger partial charge is 0.260 e. The fourth-order valence-corrected chi connectivity index (χ4v) is 2.76. The van der Waals surface area contributed by atoms with Crippen molar-refractivity contribution >= 4 is 5.91 Å². The molecule has 1 unspecified atom stereocenters. The van der Waals surface area contributed by atoms with Crippen molar-refractivity contribution < 1.29 is 9.53 Å². The minimum absolute atomic E-state index is 0.0978. The van der Waals surface area contributed by atoms with Gasteiger partial charge < -0.3 is 15.0 Å². The summed E-state index contributed by atoms with van der Waals surface area (Å²) in [4.78, 5) is 14.1. The van der Waals surface area contributed by atoms with Crippen molar-refractivity contribution in [3.8, 4) is 5.75 Å². The van der Waals surface area contributed by atoms with Crippen LogP contribution in [-0.4, -0.2) is 37.0 Å². The molecular weight excluding hydrogens is 264 g/mol. The number of hydrogen-bond donors (Lipinski definition) is 1. The van der Waals surface area contributed by atoms with Gasteiger partial charge >= 0.3 is 0 Å². The molecule has 1 aromatic carbocycles. The summed E-state index contributed by atoms with van der Waals surface area (Å²) in [6.45, 7) is 6.98. The van der Waals surface area contributed by atoms with Gasteiger partial charge in [-0.1, -0.05) is 25.1 Å². The Kier molecular flexibility index (Phi) is 6.05. The number of nitrogens with one attached hydrogen (secondary N) is 1. The van der Waals surface area contributed by atoms with Gasteiger partial charge in [0.25, 0.3) is 5.91 Å². The quantitative estimate of drug-likeness (QED) is 0.876. The van der Waals surface area contributed by atoms with Crippen LogP contribution in [-0.2, 0) is 4.79 Å². The minimum atomic E-state index is 0.0978. The van der Waals surface area contributed by atoms with Crippen LogP contribution < -0.4 is 10.1 Å². The van der Waals surface area contributed by atoms with E-state index in [0.717, 1.165) is 43.8 Å². The average Bonchev–Trinajstić information content (AvgIpc) is 2.54. The third-order valence-corrected chi connectivity index (χ3v) is 3.96. The molecule has 1 saturated heterocycles. The van der Waals surface area contributed by atoms with E-state index in [1.54, 1.807) is 0 Å². The van der Waals surface area contributed by atoms with Crippen molar-refractivity contribution in [3.63, 3.8) is 0 Å². The Morgan fingerprint density at radius 1 is 1.29 bits per heavy atom. The number of carbonyl (C=O) groups is 1. The van der Waals surface area contributed by atoms with Gasteiger partial charge in [-0.05, 0) is 38.8 Å². The van der Waals surface area contributed by atoms with Crippen LogP contribution in [0.1, 0.15) is 44.7 Å². The number of nitrogens with zero attached hydrogens (tertiary/aromatic N) is 1. The number of piperidine rings is 1. The standard InChI is InChI=1S/C17H26N2O2/c1-3-18-14(2)15-9-5-6-10-16(15)21-13-17(20)19-11-7-4-8-12-19/h5-6,9-10,14,18H,3-4,7-8,11-13H2,1-2H3. The third-order valence-electron chi connectivity index (χ3n) is 3.96. The highest BCUT2D eigenvalue weighted by molar-refractivity contribution is 5.77. The monoisotopic (exact) mass is 290 g/mol. The molecule has 1 atom stereocenters. The zero-order valence-corrected chi connectivity index (χ0v) is 13.1. The van der Waals surface area contributed by atoms with E-state index in [0.29, 0.717) is 0 Å². The molecule has 0 spiro atoms. The maximum atomic E-state index is 12.2. The van der Waals surface area contributed by atoms with Crippen LogP contribution in [0.2, 0.25) is 0 Å². The van der Waals surface area contributed by atoms with Crippen molar-refractivity contribution in [1.82, 2.24) is 10.2 Å². The first-order valence-corrected chi connectivity index (χ1v) is 7.95. The maximum absolute atomic E-state index is 12.2. The number of para-hydroxylation sites is 1. The summed E-state index contributed by atoms with van der Waals surface area (Å²) in [5.74, 6) is 0.900. The molecule has 1 aliphatic rings. The lowest BCUT2D eigenvalue weighted by Crippen LogP contribution is -2.38. The first-order chi connectivity index (χ1) is 10.2. The molecule has 1 amide bonds. The first kappa shape index (κ1) is 15.8. The Hall–Kier alpha value is -1.55. The van der Waals surface area contributed by atoms with Crippen molar-refractivity contribution in [2.45, 2.75) is 39.2 Å². The van der Waals surface area contributed by atoms with Gasteiger partial charge in [-0.3, -0.25) is 4.79 Å². The number of carbonyl (C=O) groups excluding carboxylic acids is 1. The Morgan fingerprint density at radius 3 is 2.71 bits per heavy atom. The second kappa shape index (κ2) is 8.03. The predicted molar refractivity (Wildman–Crippen MR) is 84.5 cm³/mol. The van der Waals surface area contributed by atoms with E-state index < -0.39 is 0 Å². The largest absolute Gasteiger partial charge is 0.483 e. The molecule has 4 heteroatoms. The molecule has 1 aromatic rings. The molecule has 0 saturated carbocycles. The van der Waals surface area contributed by atoms with E-state index in [4.69, 9.17) is 4.74 Å². The van der Waals surface area contributed by atoms with Crippen molar-refractivity contribution in [3.05, 3.63) is 29.8 Å². The fourth-order valence-electron chi connectivity index (χ4n) is 2.76. The van der Waals surface area contributed by atoms with E-state index in [2.05, 4.69) is 19.2 Å². The zero-order chi connectivity index (χ0) is 15.1. The lowest BCUT2D eigenvalue weighted by Gasteiger charge is -2.27. The van der Waals surface area contributed by atoms with E-state index in [-0.39, 0.29) is 18.6 Å². The van der Waals surface area contributed by atoms with Gasteiger partial charge in [0.2, 0.25) is 0 Å². The number of hydrogen-bond acceptors (Lipinski definition) is 3. The lowest BCUT2D eigenvalue weighted by atomic mass is 10.1. The molecule has 0 radical (unpaired) electrons. The summed E-state index contributed by atoms with van der Waals surface area (Å²) >= 11 is 0. The zero-order valence-electron chi connectivity index (χ0n) is 13.1. The molecule has 116 valence electrons. The normalized spacial score (nSPS) is 16.6. The van der Waals surface area contributed by atoms with Gasteiger partial charge in [0, 0.05) is 24.7 Å². The van der Waals surface area contributed by atoms with E-state index in [1.165, 1.54) is 6.42 Å². The number of rotatable bonds is 6. The van der Waals surface area contributed by atoms with Crippen LogP contribution in [0.4, 0.5) is 0 Å². The Labute approximate surface area is 127 Å². The topological polar surface area (TPSA) is 41.6 Å². The second-order valence-electron chi connectivity index (χ2n) is 5.55. The minimum Gasteiger partial charge on any atom is -0.483 e. The van der Waals surface area contributed by atoms with Crippen LogP contribution >= 0.6 is 0 Å². The van der Waals surface area contributed by atoms with E-state index in [9.17, 15) is 4.79 Å². The van der Waals surface area contributed by atoms with Crippen molar-refractivity contribution in [1.29, 1.82) is 0 Å². The van der Waals surface area contributed by atoms with Crippen molar-refractivity contribution in [2.75, 3.05) is 26.2 Å². The summed E-state index contributed by atoms with van der Waals surface area (Å²) in [5, 5.41) is 3.38. The summed E-state index contributed by atoms with van der Waals surface area (Å²) in [6.07, 6.45) is 3.45. The van der Waals surface area contributed by atoms with Gasteiger partial charge in [-0.2, -0.15) is 0 Å². The average molecular weight is 290 g/mol. The molecule has 4 nitrogen and oxygen atoms in total. The number of benzene rings is 1. The number of ether oxygens (including phenoxy) is 1. The fraction of sp³-hybridized carbons (Fsp3) is 0.588. The van der Waals surface area contributed by atoms with Gasteiger partial charge in [-0.25, -0.2) is 0 Å². The highest BCUT2D eigenvalue weighted by Gasteiger charge is 2.18. The molecule has 0 bridgehead atoms. The molecule has 1 aliphatic heterocycles. The van der Waals surface area contributed by atoms with Gasteiger partial charge in [0.15, 0.2) is 6.61 Å². The molecule has 1 fully saturated rings. The van der Waals surface area contributed by atoms with Gasteiger partial charge in [-0.15, -0.1) is 0 Å². The lowest BCUT2D eigenvalue weighted by molar-refractivity contribution is -0.134. The Morgan fingerprint density at radius 2 is 2.00 bits per heavy atom. The van der Waals surface area contributed by atoms with Crippen LogP contribution in [0.3, 0.4) is 0 Å². The Balaban J connectivity index is 1.94. The molecule has 2 rings (SSSR count). The summed E-state index contributed by atoms with van der Waals surface area (Å²) in [7, 11) is 0. The predicted octanol–water partition coefficient (Wildman–Crippen LogP) is 2.75. The summed E-state index contributed by atoms with van der Waals surface area (Å²) in [5.41, 5.74) is 1.10.